The zero-order chi connectivity index (χ0) is 19.3. The van der Waals surface area contributed by atoms with Gasteiger partial charge < -0.3 is 0 Å². The molecule has 1 aromatic heterocycles. The number of anilines is 1. The highest BCUT2D eigenvalue weighted by molar-refractivity contribution is 7.91. The van der Waals surface area contributed by atoms with E-state index in [0.29, 0.717) is 5.56 Å². The molecular weight excluding hydrogens is 371 g/mol. The van der Waals surface area contributed by atoms with Crippen molar-refractivity contribution in [3.05, 3.63) is 72.3 Å². The maximum absolute atomic E-state index is 13.7. The van der Waals surface area contributed by atoms with Crippen LogP contribution in [-0.4, -0.2) is 34.8 Å². The molecule has 2 aromatic carbocycles. The fourth-order valence-electron chi connectivity index (χ4n) is 2.39. The van der Waals surface area contributed by atoms with E-state index in [0.717, 1.165) is 0 Å². The molecule has 0 spiro atoms. The van der Waals surface area contributed by atoms with Crippen LogP contribution in [-0.2, 0) is 21.2 Å². The van der Waals surface area contributed by atoms with Crippen molar-refractivity contribution in [1.29, 1.82) is 0 Å². The number of sulfone groups is 1. The normalized spacial score (nSPS) is 11.3. The van der Waals surface area contributed by atoms with Crippen molar-refractivity contribution in [3.63, 3.8) is 0 Å². The number of nitrogens with zero attached hydrogens (tertiary/aromatic N) is 3. The van der Waals surface area contributed by atoms with Gasteiger partial charge in [-0.15, -0.1) is 5.10 Å². The van der Waals surface area contributed by atoms with Crippen LogP contribution in [0.5, 0.6) is 0 Å². The summed E-state index contributed by atoms with van der Waals surface area (Å²) in [5.74, 6) is -1.16. The molecular formula is C18H17FN4O3S. The summed E-state index contributed by atoms with van der Waals surface area (Å²) in [7, 11) is -3.54. The van der Waals surface area contributed by atoms with Crippen LogP contribution in [0.1, 0.15) is 12.0 Å². The lowest BCUT2D eigenvalue weighted by Gasteiger charge is -2.04. The number of hydrogen-bond donors (Lipinski definition) is 1. The number of nitrogens with one attached hydrogen (secondary N) is 1. The molecule has 9 heteroatoms. The van der Waals surface area contributed by atoms with E-state index in [9.17, 15) is 17.6 Å². The largest absolute Gasteiger partial charge is 0.293 e. The zero-order valence-corrected chi connectivity index (χ0v) is 15.1. The summed E-state index contributed by atoms with van der Waals surface area (Å²) < 4.78 is 39.4. The van der Waals surface area contributed by atoms with Gasteiger partial charge in [0.25, 0.3) is 0 Å². The number of benzene rings is 2. The Bertz CT molecular complexity index is 1040. The van der Waals surface area contributed by atoms with E-state index in [1.807, 2.05) is 0 Å². The van der Waals surface area contributed by atoms with Gasteiger partial charge in [0.1, 0.15) is 12.1 Å². The van der Waals surface area contributed by atoms with Crippen molar-refractivity contribution in [2.45, 2.75) is 17.9 Å². The molecule has 1 heterocycles. The molecule has 0 radical (unpaired) electrons. The lowest BCUT2D eigenvalue weighted by atomic mass is 10.2. The highest BCUT2D eigenvalue weighted by atomic mass is 32.2. The maximum Gasteiger partial charge on any atom is 0.248 e. The number of carbonyl (C=O) groups excluding carboxylic acids is 1. The number of aromatic nitrogens is 3. The molecule has 0 saturated heterocycles. The Balaban J connectivity index is 1.56. The van der Waals surface area contributed by atoms with E-state index in [2.05, 4.69) is 15.4 Å². The summed E-state index contributed by atoms with van der Waals surface area (Å²) in [6.45, 7) is 0.165. The van der Waals surface area contributed by atoms with Gasteiger partial charge in [0.05, 0.1) is 17.2 Å². The van der Waals surface area contributed by atoms with Crippen molar-refractivity contribution in [2.75, 3.05) is 11.1 Å². The molecule has 0 aliphatic heterocycles. The Morgan fingerprint density at radius 3 is 2.52 bits per heavy atom. The van der Waals surface area contributed by atoms with Gasteiger partial charge >= 0.3 is 0 Å². The maximum atomic E-state index is 13.7. The van der Waals surface area contributed by atoms with Crippen molar-refractivity contribution in [3.8, 4) is 0 Å². The van der Waals surface area contributed by atoms with Crippen LogP contribution in [0.4, 0.5) is 10.3 Å². The molecule has 0 aliphatic rings. The van der Waals surface area contributed by atoms with Crippen LogP contribution < -0.4 is 5.32 Å². The molecule has 1 N–H and O–H groups in total. The number of carbonyl (C=O) groups is 1. The first-order valence-electron chi connectivity index (χ1n) is 8.14. The first kappa shape index (κ1) is 18.7. The first-order chi connectivity index (χ1) is 12.9. The van der Waals surface area contributed by atoms with Crippen LogP contribution in [0.2, 0.25) is 0 Å². The predicted molar refractivity (Wildman–Crippen MR) is 97.3 cm³/mol. The second-order valence-corrected chi connectivity index (χ2v) is 7.90. The molecule has 140 valence electrons. The second-order valence-electron chi connectivity index (χ2n) is 5.79. The molecule has 3 aromatic rings. The molecule has 0 fully saturated rings. The minimum absolute atomic E-state index is 0.0356. The van der Waals surface area contributed by atoms with Gasteiger partial charge in [0, 0.05) is 12.0 Å². The standard InChI is InChI=1S/C18H17FN4O3S/c19-16-9-5-4-6-14(16)12-23-13-20-18(22-23)21-17(24)10-11-27(25,26)15-7-2-1-3-8-15/h1-9,13H,10-12H2,(H,21,22,24). The third-order valence-corrected chi connectivity index (χ3v) is 5.51. The molecule has 0 unspecified atom stereocenters. The Hall–Kier alpha value is -3.07. The highest BCUT2D eigenvalue weighted by Crippen LogP contribution is 2.12. The van der Waals surface area contributed by atoms with Crippen molar-refractivity contribution in [1.82, 2.24) is 14.8 Å². The number of rotatable bonds is 7. The molecule has 1 amide bonds. The van der Waals surface area contributed by atoms with Gasteiger partial charge in [-0.25, -0.2) is 22.5 Å². The lowest BCUT2D eigenvalue weighted by molar-refractivity contribution is -0.115. The summed E-state index contributed by atoms with van der Waals surface area (Å²) in [6, 6.07) is 14.2. The Kier molecular flexibility index (Phi) is 5.60. The van der Waals surface area contributed by atoms with E-state index in [1.165, 1.54) is 29.2 Å². The molecule has 7 nitrogen and oxygen atoms in total. The van der Waals surface area contributed by atoms with Crippen LogP contribution in [0.15, 0.2) is 65.8 Å². The Labute approximate surface area is 155 Å². The van der Waals surface area contributed by atoms with Crippen molar-refractivity contribution in [2.24, 2.45) is 0 Å². The summed E-state index contributed by atoms with van der Waals surface area (Å²) in [4.78, 5) is 16.1. The molecule has 27 heavy (non-hydrogen) atoms. The second kappa shape index (κ2) is 8.09. The SMILES string of the molecule is O=C(CCS(=O)(=O)c1ccccc1)Nc1ncn(Cc2ccccc2F)n1. The summed E-state index contributed by atoms with van der Waals surface area (Å²) in [6.07, 6.45) is 1.14. The predicted octanol–water partition coefficient (Wildman–Crippen LogP) is 2.27. The number of hydrogen-bond acceptors (Lipinski definition) is 5. The van der Waals surface area contributed by atoms with E-state index in [4.69, 9.17) is 0 Å². The average Bonchev–Trinajstić information content (AvgIpc) is 3.10. The van der Waals surface area contributed by atoms with Crippen LogP contribution >= 0.6 is 0 Å². The van der Waals surface area contributed by atoms with Gasteiger partial charge in [-0.05, 0) is 18.2 Å². The number of amides is 1. The third-order valence-electron chi connectivity index (χ3n) is 3.78. The van der Waals surface area contributed by atoms with E-state index in [-0.39, 0.29) is 35.4 Å². The minimum atomic E-state index is -3.54. The van der Waals surface area contributed by atoms with E-state index in [1.54, 1.807) is 36.4 Å². The quantitative estimate of drug-likeness (QED) is 0.670. The van der Waals surface area contributed by atoms with Gasteiger partial charge in [0.15, 0.2) is 9.84 Å². The van der Waals surface area contributed by atoms with Gasteiger partial charge in [-0.3, -0.25) is 10.1 Å². The molecule has 3 rings (SSSR count). The number of halogens is 1. The van der Waals surface area contributed by atoms with Crippen molar-refractivity contribution >= 4 is 21.7 Å². The minimum Gasteiger partial charge on any atom is -0.293 e. The highest BCUT2D eigenvalue weighted by Gasteiger charge is 2.17. The fourth-order valence-corrected chi connectivity index (χ4v) is 3.65. The Morgan fingerprint density at radius 2 is 1.78 bits per heavy atom. The van der Waals surface area contributed by atoms with Crippen molar-refractivity contribution < 1.29 is 17.6 Å². The lowest BCUT2D eigenvalue weighted by Crippen LogP contribution is -2.18. The molecule has 0 aliphatic carbocycles. The fraction of sp³-hybridized carbons (Fsp3) is 0.167. The average molecular weight is 388 g/mol. The van der Waals surface area contributed by atoms with Crippen LogP contribution in [0, 0.1) is 5.82 Å². The molecule has 0 bridgehead atoms. The third kappa shape index (κ3) is 4.98. The van der Waals surface area contributed by atoms with Gasteiger partial charge in [0.2, 0.25) is 11.9 Å². The van der Waals surface area contributed by atoms with Crippen LogP contribution in [0.3, 0.4) is 0 Å². The van der Waals surface area contributed by atoms with Gasteiger partial charge in [-0.2, -0.15) is 0 Å². The summed E-state index contributed by atoms with van der Waals surface area (Å²) in [5, 5.41) is 6.49. The Morgan fingerprint density at radius 1 is 1.07 bits per heavy atom. The monoisotopic (exact) mass is 388 g/mol. The topological polar surface area (TPSA) is 94.0 Å². The van der Waals surface area contributed by atoms with E-state index >= 15 is 0 Å². The molecule has 0 atom stereocenters. The first-order valence-corrected chi connectivity index (χ1v) is 9.80. The summed E-state index contributed by atoms with van der Waals surface area (Å²) >= 11 is 0. The smallest absolute Gasteiger partial charge is 0.248 e. The molecule has 0 saturated carbocycles. The zero-order valence-electron chi connectivity index (χ0n) is 14.2. The van der Waals surface area contributed by atoms with Gasteiger partial charge in [-0.1, -0.05) is 36.4 Å². The van der Waals surface area contributed by atoms with E-state index < -0.39 is 15.7 Å². The van der Waals surface area contributed by atoms with Crippen LogP contribution in [0.25, 0.3) is 0 Å². The summed E-state index contributed by atoms with van der Waals surface area (Å²) in [5.41, 5.74) is 0.439.